The summed E-state index contributed by atoms with van der Waals surface area (Å²) in [6.45, 7) is 0.790. The van der Waals surface area contributed by atoms with Gasteiger partial charge in [0.05, 0.1) is 0 Å². The highest BCUT2D eigenvalue weighted by atomic mass is 16.5. The first-order valence-electron chi connectivity index (χ1n) is 8.45. The summed E-state index contributed by atoms with van der Waals surface area (Å²) in [6.07, 6.45) is 3.60. The predicted octanol–water partition coefficient (Wildman–Crippen LogP) is 1.73. The van der Waals surface area contributed by atoms with Gasteiger partial charge in [-0.2, -0.15) is 0 Å². The van der Waals surface area contributed by atoms with E-state index in [4.69, 9.17) is 9.94 Å². The highest BCUT2D eigenvalue weighted by Crippen LogP contribution is 2.29. The van der Waals surface area contributed by atoms with E-state index >= 15 is 0 Å². The van der Waals surface area contributed by atoms with Crippen molar-refractivity contribution >= 4 is 11.8 Å². The Kier molecular flexibility index (Phi) is 7.45. The Balaban J connectivity index is 1.91. The van der Waals surface area contributed by atoms with E-state index in [0.29, 0.717) is 18.7 Å². The summed E-state index contributed by atoms with van der Waals surface area (Å²) in [5, 5.41) is 11.8. The molecule has 134 valence electrons. The van der Waals surface area contributed by atoms with Crippen LogP contribution in [0.1, 0.15) is 41.6 Å². The summed E-state index contributed by atoms with van der Waals surface area (Å²) in [6, 6.07) is 7.04. The summed E-state index contributed by atoms with van der Waals surface area (Å²) >= 11 is 0. The lowest BCUT2D eigenvalue weighted by molar-refractivity contribution is -0.136. The van der Waals surface area contributed by atoms with E-state index in [1.807, 2.05) is 0 Å². The summed E-state index contributed by atoms with van der Waals surface area (Å²) in [4.78, 5) is 24.0. The van der Waals surface area contributed by atoms with Gasteiger partial charge in [0.25, 0.3) is 5.91 Å². The molecule has 25 heavy (non-hydrogen) atoms. The van der Waals surface area contributed by atoms with Crippen LogP contribution in [0.4, 0.5) is 0 Å². The molecule has 6 heteroatoms. The molecule has 2 amide bonds. The summed E-state index contributed by atoms with van der Waals surface area (Å²) < 4.78 is 4.87. The standard InChI is InChI=1S/C19H24N2O4/c1-25-12-4-5-14-8-10-15(11-9-14)18(22)20-13-16-6-2-3-7-17(16)19(23)21-24/h8-11,16-17,24H,2-3,6-7,12-13H2,1H3,(H,20,22)(H,21,23)/t16-,17+/m0/s1. The van der Waals surface area contributed by atoms with Crippen LogP contribution in [0.2, 0.25) is 0 Å². The normalized spacial score (nSPS) is 19.4. The van der Waals surface area contributed by atoms with Crippen molar-refractivity contribution in [3.63, 3.8) is 0 Å². The number of hydroxylamine groups is 1. The second kappa shape index (κ2) is 9.82. The van der Waals surface area contributed by atoms with Crippen molar-refractivity contribution in [3.05, 3.63) is 35.4 Å². The molecule has 6 nitrogen and oxygen atoms in total. The van der Waals surface area contributed by atoms with Crippen LogP contribution < -0.4 is 10.8 Å². The van der Waals surface area contributed by atoms with Crippen molar-refractivity contribution in [2.45, 2.75) is 25.7 Å². The van der Waals surface area contributed by atoms with E-state index in [0.717, 1.165) is 31.2 Å². The van der Waals surface area contributed by atoms with Gasteiger partial charge in [0.2, 0.25) is 5.91 Å². The molecule has 0 heterocycles. The van der Waals surface area contributed by atoms with Gasteiger partial charge in [-0.3, -0.25) is 14.8 Å². The largest absolute Gasteiger partial charge is 0.372 e. The Morgan fingerprint density at radius 1 is 1.24 bits per heavy atom. The fourth-order valence-electron chi connectivity index (χ4n) is 3.12. The molecule has 2 atom stereocenters. The van der Waals surface area contributed by atoms with Crippen LogP contribution in [0.15, 0.2) is 24.3 Å². The third-order valence-corrected chi connectivity index (χ3v) is 4.48. The summed E-state index contributed by atoms with van der Waals surface area (Å²) in [5.74, 6) is 5.06. The fourth-order valence-corrected chi connectivity index (χ4v) is 3.12. The molecule has 3 N–H and O–H groups in total. The molecule has 0 bridgehead atoms. The molecule has 1 aromatic rings. The average molecular weight is 344 g/mol. The molecule has 1 fully saturated rings. The predicted molar refractivity (Wildman–Crippen MR) is 92.9 cm³/mol. The number of ether oxygens (including phenoxy) is 1. The number of benzene rings is 1. The number of carbonyl (C=O) groups excluding carboxylic acids is 2. The molecular formula is C19H24N2O4. The second-order valence-corrected chi connectivity index (χ2v) is 6.15. The Morgan fingerprint density at radius 2 is 1.96 bits per heavy atom. The SMILES string of the molecule is COCC#Cc1ccc(C(=O)NC[C@@H]2CCCC[C@H]2C(=O)NO)cc1. The third kappa shape index (κ3) is 5.59. The van der Waals surface area contributed by atoms with Crippen LogP contribution in [0.5, 0.6) is 0 Å². The molecular weight excluding hydrogens is 320 g/mol. The molecule has 1 aliphatic carbocycles. The first kappa shape index (κ1) is 19.0. The van der Waals surface area contributed by atoms with Crippen LogP contribution >= 0.6 is 0 Å². The molecule has 0 radical (unpaired) electrons. The number of methoxy groups -OCH3 is 1. The first-order chi connectivity index (χ1) is 12.2. The van der Waals surface area contributed by atoms with Gasteiger partial charge in [-0.15, -0.1) is 0 Å². The highest BCUT2D eigenvalue weighted by Gasteiger charge is 2.30. The minimum atomic E-state index is -0.363. The topological polar surface area (TPSA) is 87.7 Å². The van der Waals surface area contributed by atoms with Gasteiger partial charge in [-0.25, -0.2) is 5.48 Å². The van der Waals surface area contributed by atoms with Crippen LogP contribution in [-0.4, -0.2) is 37.3 Å². The molecule has 0 saturated heterocycles. The van der Waals surface area contributed by atoms with Crippen molar-refractivity contribution in [1.29, 1.82) is 0 Å². The second-order valence-electron chi connectivity index (χ2n) is 6.15. The van der Waals surface area contributed by atoms with E-state index in [1.165, 1.54) is 0 Å². The maximum Gasteiger partial charge on any atom is 0.251 e. The molecule has 0 aromatic heterocycles. The van der Waals surface area contributed by atoms with Crippen LogP contribution in [-0.2, 0) is 9.53 Å². The molecule has 1 aromatic carbocycles. The molecule has 1 saturated carbocycles. The van der Waals surface area contributed by atoms with Crippen LogP contribution in [0, 0.1) is 23.7 Å². The highest BCUT2D eigenvalue weighted by molar-refractivity contribution is 5.94. The van der Waals surface area contributed by atoms with Gasteiger partial charge >= 0.3 is 0 Å². The molecule has 0 unspecified atom stereocenters. The first-order valence-corrected chi connectivity index (χ1v) is 8.45. The maximum absolute atomic E-state index is 12.3. The fraction of sp³-hybridized carbons (Fsp3) is 0.474. The molecule has 2 rings (SSSR count). The number of hydrogen-bond acceptors (Lipinski definition) is 4. The smallest absolute Gasteiger partial charge is 0.251 e. The van der Waals surface area contributed by atoms with Crippen molar-refractivity contribution < 1.29 is 19.5 Å². The van der Waals surface area contributed by atoms with E-state index in [2.05, 4.69) is 17.2 Å². The Bertz CT molecular complexity index is 646. The quantitative estimate of drug-likeness (QED) is 0.431. The van der Waals surface area contributed by atoms with Gasteiger partial charge in [-0.1, -0.05) is 24.7 Å². The van der Waals surface area contributed by atoms with E-state index < -0.39 is 0 Å². The van der Waals surface area contributed by atoms with Gasteiger partial charge in [0, 0.05) is 30.7 Å². The Labute approximate surface area is 147 Å². The lowest BCUT2D eigenvalue weighted by atomic mass is 9.78. The molecule has 1 aliphatic rings. The lowest BCUT2D eigenvalue weighted by Crippen LogP contribution is -2.40. The van der Waals surface area contributed by atoms with E-state index in [1.54, 1.807) is 36.9 Å². The van der Waals surface area contributed by atoms with Gasteiger partial charge in [0.15, 0.2) is 0 Å². The third-order valence-electron chi connectivity index (χ3n) is 4.48. The zero-order valence-electron chi connectivity index (χ0n) is 14.4. The average Bonchev–Trinajstić information content (AvgIpc) is 2.66. The number of rotatable bonds is 5. The van der Waals surface area contributed by atoms with Crippen molar-refractivity contribution in [1.82, 2.24) is 10.8 Å². The van der Waals surface area contributed by atoms with E-state index in [-0.39, 0.29) is 23.7 Å². The number of hydrogen-bond donors (Lipinski definition) is 3. The van der Waals surface area contributed by atoms with Crippen LogP contribution in [0.25, 0.3) is 0 Å². The molecule has 0 spiro atoms. The number of amides is 2. The summed E-state index contributed by atoms with van der Waals surface area (Å²) in [5.41, 5.74) is 3.11. The van der Waals surface area contributed by atoms with Crippen molar-refractivity contribution in [2.24, 2.45) is 11.8 Å². The van der Waals surface area contributed by atoms with Crippen molar-refractivity contribution in [3.8, 4) is 11.8 Å². The number of carbonyl (C=O) groups is 2. The zero-order valence-corrected chi connectivity index (χ0v) is 14.4. The zero-order chi connectivity index (χ0) is 18.1. The Hall–Kier alpha value is -2.36. The Morgan fingerprint density at radius 3 is 2.64 bits per heavy atom. The minimum absolute atomic E-state index is 0.0454. The van der Waals surface area contributed by atoms with Crippen molar-refractivity contribution in [2.75, 3.05) is 20.3 Å². The summed E-state index contributed by atoms with van der Waals surface area (Å²) in [7, 11) is 1.59. The lowest BCUT2D eigenvalue weighted by Gasteiger charge is -2.29. The van der Waals surface area contributed by atoms with E-state index in [9.17, 15) is 9.59 Å². The monoisotopic (exact) mass is 344 g/mol. The minimum Gasteiger partial charge on any atom is -0.372 e. The van der Waals surface area contributed by atoms with Gasteiger partial charge < -0.3 is 10.1 Å². The van der Waals surface area contributed by atoms with Gasteiger partial charge in [0.1, 0.15) is 6.61 Å². The van der Waals surface area contributed by atoms with Crippen LogP contribution in [0.3, 0.4) is 0 Å². The number of nitrogens with one attached hydrogen (secondary N) is 2. The van der Waals surface area contributed by atoms with Gasteiger partial charge in [-0.05, 0) is 43.0 Å². The maximum atomic E-state index is 12.3. The molecule has 0 aliphatic heterocycles.